The molecule has 3 nitrogen and oxygen atoms in total. The summed E-state index contributed by atoms with van der Waals surface area (Å²) in [6, 6.07) is 36.3. The molecule has 0 unspecified atom stereocenters. The lowest BCUT2D eigenvalue weighted by atomic mass is 9.93. The summed E-state index contributed by atoms with van der Waals surface area (Å²) < 4.78 is 0. The first-order valence-electron chi connectivity index (χ1n) is 11.9. The molecule has 1 heterocycles. The highest BCUT2D eigenvalue weighted by atomic mass is 15.0. The minimum absolute atomic E-state index is 0.705. The molecule has 0 N–H and O–H groups in total. The van der Waals surface area contributed by atoms with Crippen molar-refractivity contribution in [3.63, 3.8) is 0 Å². The standard InChI is InChI=1S/C31H25N3/c1-3-7-26(8-4-1)29-32-30(27-9-5-2-6-10-27)34-31(33-29)28-21-24-16-15-22-11-13-23(14-12-22)17-19-25(28)20-18-24/h1-14,18,20-21H,15-17,19H2. The van der Waals surface area contributed by atoms with E-state index in [0.717, 1.165) is 48.2 Å². The van der Waals surface area contributed by atoms with Crippen molar-refractivity contribution in [2.45, 2.75) is 25.7 Å². The number of nitrogens with zero attached hydrogens (tertiary/aromatic N) is 3. The minimum Gasteiger partial charge on any atom is -0.208 e. The summed E-state index contributed by atoms with van der Waals surface area (Å²) in [5.74, 6) is 2.16. The second-order valence-corrected chi connectivity index (χ2v) is 8.85. The van der Waals surface area contributed by atoms with Crippen molar-refractivity contribution in [3.05, 3.63) is 125 Å². The second kappa shape index (κ2) is 9.03. The van der Waals surface area contributed by atoms with Gasteiger partial charge in [0.05, 0.1) is 0 Å². The summed E-state index contributed by atoms with van der Waals surface area (Å²) >= 11 is 0. The SMILES string of the molecule is c1ccc(-c2nc(-c3ccccc3)nc(-c3cc4ccc3CCc3ccc(cc3)CC4)n2)cc1. The lowest BCUT2D eigenvalue weighted by molar-refractivity contribution is 0.919. The molecule has 5 aromatic rings. The maximum atomic E-state index is 4.99. The normalized spacial score (nSPS) is 12.8. The minimum atomic E-state index is 0.705. The van der Waals surface area contributed by atoms with Crippen LogP contribution in [0, 0.1) is 0 Å². The van der Waals surface area contributed by atoms with Gasteiger partial charge in [0.1, 0.15) is 0 Å². The molecule has 1 aromatic heterocycles. The third kappa shape index (κ3) is 4.25. The van der Waals surface area contributed by atoms with E-state index in [2.05, 4.69) is 66.7 Å². The lowest BCUT2D eigenvalue weighted by Crippen LogP contribution is -2.04. The van der Waals surface area contributed by atoms with Crippen molar-refractivity contribution in [2.24, 2.45) is 0 Å². The zero-order valence-corrected chi connectivity index (χ0v) is 19.0. The van der Waals surface area contributed by atoms with E-state index in [1.54, 1.807) is 0 Å². The Labute approximate surface area is 200 Å². The molecule has 164 valence electrons. The summed E-state index contributed by atoms with van der Waals surface area (Å²) in [5.41, 5.74) is 8.44. The fourth-order valence-electron chi connectivity index (χ4n) is 4.57. The van der Waals surface area contributed by atoms with Crippen molar-refractivity contribution in [1.82, 2.24) is 15.0 Å². The number of hydrogen-bond donors (Lipinski definition) is 0. The monoisotopic (exact) mass is 439 g/mol. The van der Waals surface area contributed by atoms with E-state index in [9.17, 15) is 0 Å². The average molecular weight is 440 g/mol. The first-order chi connectivity index (χ1) is 16.8. The fourth-order valence-corrected chi connectivity index (χ4v) is 4.57. The van der Waals surface area contributed by atoms with Crippen LogP contribution in [0.1, 0.15) is 22.3 Å². The van der Waals surface area contributed by atoms with Gasteiger partial charge in [-0.1, -0.05) is 97.1 Å². The van der Waals surface area contributed by atoms with Crippen molar-refractivity contribution in [1.29, 1.82) is 0 Å². The Bertz CT molecular complexity index is 1370. The van der Waals surface area contributed by atoms with E-state index in [1.807, 2.05) is 36.4 Å². The quantitative estimate of drug-likeness (QED) is 0.312. The van der Waals surface area contributed by atoms with Gasteiger partial charge in [-0.15, -0.1) is 0 Å². The van der Waals surface area contributed by atoms with E-state index in [-0.39, 0.29) is 0 Å². The van der Waals surface area contributed by atoms with Crippen LogP contribution in [0.5, 0.6) is 0 Å². The Kier molecular flexibility index (Phi) is 5.44. The topological polar surface area (TPSA) is 38.7 Å². The smallest absolute Gasteiger partial charge is 0.164 e. The third-order valence-corrected chi connectivity index (χ3v) is 6.52. The van der Waals surface area contributed by atoms with Crippen molar-refractivity contribution in [3.8, 4) is 34.2 Å². The van der Waals surface area contributed by atoms with Crippen LogP contribution in [-0.4, -0.2) is 15.0 Å². The lowest BCUT2D eigenvalue weighted by Gasteiger charge is -2.15. The first kappa shape index (κ1) is 20.5. The molecule has 0 saturated heterocycles. The van der Waals surface area contributed by atoms with Crippen LogP contribution in [0.15, 0.2) is 103 Å². The molecule has 9 rings (SSSR count). The summed E-state index contributed by atoms with van der Waals surface area (Å²) in [6.07, 6.45) is 3.96. The molecule has 0 saturated carbocycles. The van der Waals surface area contributed by atoms with E-state index in [4.69, 9.17) is 15.0 Å². The van der Waals surface area contributed by atoms with Crippen LogP contribution in [0.2, 0.25) is 0 Å². The molecule has 4 bridgehead atoms. The van der Waals surface area contributed by atoms with Gasteiger partial charge < -0.3 is 0 Å². The molecule has 0 radical (unpaired) electrons. The molecular formula is C31H25N3. The van der Waals surface area contributed by atoms with Crippen LogP contribution in [0.3, 0.4) is 0 Å². The Morgan fingerprint density at radius 1 is 0.412 bits per heavy atom. The van der Waals surface area contributed by atoms with Gasteiger partial charge >= 0.3 is 0 Å². The van der Waals surface area contributed by atoms with Gasteiger partial charge in [0.25, 0.3) is 0 Å². The average Bonchev–Trinajstić information content (AvgIpc) is 2.91. The van der Waals surface area contributed by atoms with Crippen molar-refractivity contribution in [2.75, 3.05) is 0 Å². The zero-order chi connectivity index (χ0) is 22.7. The van der Waals surface area contributed by atoms with E-state index in [0.29, 0.717) is 11.6 Å². The fraction of sp³-hybridized carbons (Fsp3) is 0.129. The molecule has 34 heavy (non-hydrogen) atoms. The number of aromatic nitrogens is 3. The Morgan fingerprint density at radius 3 is 1.47 bits per heavy atom. The summed E-state index contributed by atoms with van der Waals surface area (Å²) in [4.78, 5) is 14.8. The van der Waals surface area contributed by atoms with Crippen LogP contribution in [-0.2, 0) is 25.7 Å². The Balaban J connectivity index is 1.51. The van der Waals surface area contributed by atoms with Crippen LogP contribution in [0.4, 0.5) is 0 Å². The molecule has 0 aliphatic heterocycles. The Hall–Kier alpha value is -4.11. The maximum absolute atomic E-state index is 4.99. The Morgan fingerprint density at radius 2 is 0.882 bits per heavy atom. The van der Waals surface area contributed by atoms with Crippen LogP contribution < -0.4 is 0 Å². The van der Waals surface area contributed by atoms with Gasteiger partial charge in [-0.05, 0) is 54.0 Å². The summed E-state index contributed by atoms with van der Waals surface area (Å²) in [6.45, 7) is 0. The molecule has 4 aliphatic rings. The highest BCUT2D eigenvalue weighted by Gasteiger charge is 2.16. The van der Waals surface area contributed by atoms with E-state index in [1.165, 1.54) is 22.3 Å². The molecule has 0 spiro atoms. The number of aryl methyl sites for hydroxylation is 4. The molecule has 0 fully saturated rings. The van der Waals surface area contributed by atoms with Gasteiger partial charge in [0.2, 0.25) is 0 Å². The molecule has 4 aliphatic carbocycles. The van der Waals surface area contributed by atoms with Gasteiger partial charge in [-0.2, -0.15) is 0 Å². The van der Waals surface area contributed by atoms with Gasteiger partial charge in [-0.25, -0.2) is 15.0 Å². The van der Waals surface area contributed by atoms with Crippen molar-refractivity contribution < 1.29 is 0 Å². The zero-order valence-electron chi connectivity index (χ0n) is 19.0. The summed E-state index contributed by atoms with van der Waals surface area (Å²) in [7, 11) is 0. The highest BCUT2D eigenvalue weighted by molar-refractivity contribution is 5.68. The van der Waals surface area contributed by atoms with Gasteiger partial charge in [0.15, 0.2) is 17.5 Å². The highest BCUT2D eigenvalue weighted by Crippen LogP contribution is 2.29. The third-order valence-electron chi connectivity index (χ3n) is 6.52. The van der Waals surface area contributed by atoms with Gasteiger partial charge in [-0.3, -0.25) is 0 Å². The second-order valence-electron chi connectivity index (χ2n) is 8.85. The molecule has 0 amide bonds. The predicted octanol–water partition coefficient (Wildman–Crippen LogP) is 6.76. The summed E-state index contributed by atoms with van der Waals surface area (Å²) in [5, 5.41) is 0. The number of benzene rings is 4. The van der Waals surface area contributed by atoms with E-state index >= 15 is 0 Å². The van der Waals surface area contributed by atoms with Crippen LogP contribution >= 0.6 is 0 Å². The first-order valence-corrected chi connectivity index (χ1v) is 11.9. The largest absolute Gasteiger partial charge is 0.208 e. The maximum Gasteiger partial charge on any atom is 0.164 e. The molecule has 4 aromatic carbocycles. The van der Waals surface area contributed by atoms with Crippen LogP contribution in [0.25, 0.3) is 34.2 Å². The molecule has 3 heteroatoms. The number of hydrogen-bond acceptors (Lipinski definition) is 3. The van der Waals surface area contributed by atoms with Gasteiger partial charge in [0, 0.05) is 16.7 Å². The predicted molar refractivity (Wildman–Crippen MR) is 137 cm³/mol. The number of rotatable bonds is 3. The molecule has 0 atom stereocenters. The van der Waals surface area contributed by atoms with Crippen molar-refractivity contribution >= 4 is 0 Å². The van der Waals surface area contributed by atoms with E-state index < -0.39 is 0 Å². The molecular weight excluding hydrogens is 414 g/mol.